The van der Waals surface area contributed by atoms with Gasteiger partial charge in [0.05, 0.1) is 5.71 Å². The lowest BCUT2D eigenvalue weighted by Gasteiger charge is -2.21. The largest absolute Gasteiger partial charge is 0.273 e. The van der Waals surface area contributed by atoms with Gasteiger partial charge in [-0.1, -0.05) is 36.6 Å². The third kappa shape index (κ3) is 3.59. The summed E-state index contributed by atoms with van der Waals surface area (Å²) in [5, 5.41) is 6.54. The quantitative estimate of drug-likeness (QED) is 0.763. The fourth-order valence-corrected chi connectivity index (χ4v) is 1.96. The first-order valence-electron chi connectivity index (χ1n) is 6.30. The number of hydrogen-bond donors (Lipinski definition) is 0. The second-order valence-electron chi connectivity index (χ2n) is 4.21. The Morgan fingerprint density at radius 3 is 2.68 bits per heavy atom. The molecule has 19 heavy (non-hydrogen) atoms. The monoisotopic (exact) mass is 274 g/mol. The Morgan fingerprint density at radius 2 is 2.00 bits per heavy atom. The van der Waals surface area contributed by atoms with Crippen molar-refractivity contribution in [1.82, 2.24) is 5.01 Å². The molecule has 1 heterocycles. The van der Waals surface area contributed by atoms with Crippen LogP contribution >= 0.6 is 11.6 Å². The van der Waals surface area contributed by atoms with Crippen LogP contribution in [0.2, 0.25) is 5.02 Å². The molecule has 0 bridgehead atoms. The van der Waals surface area contributed by atoms with Crippen LogP contribution in [0.5, 0.6) is 0 Å². The van der Waals surface area contributed by atoms with E-state index in [1.165, 1.54) is 5.01 Å². The number of benzene rings is 1. The number of halogens is 1. The molecule has 0 unspecified atom stereocenters. The number of hydrazone groups is 1. The van der Waals surface area contributed by atoms with E-state index in [-0.39, 0.29) is 5.91 Å². The van der Waals surface area contributed by atoms with Gasteiger partial charge in [-0.05, 0) is 17.7 Å². The summed E-state index contributed by atoms with van der Waals surface area (Å²) in [7, 11) is 0. The summed E-state index contributed by atoms with van der Waals surface area (Å²) < 4.78 is 0. The van der Waals surface area contributed by atoms with Crippen LogP contribution in [-0.4, -0.2) is 23.2 Å². The number of carbonyl (C=O) groups is 1. The van der Waals surface area contributed by atoms with Crippen LogP contribution in [0.15, 0.2) is 29.4 Å². The standard InChI is InChI=1S/C15H15ClN2O/c1-2-3-4-11-18-15(19)10-9-14(17-18)12-5-7-13(16)8-6-12/h5-8H,2,9-11H2,1H3. The first-order valence-corrected chi connectivity index (χ1v) is 6.68. The third-order valence-electron chi connectivity index (χ3n) is 2.81. The number of carbonyl (C=O) groups excluding carboxylic acids is 1. The summed E-state index contributed by atoms with van der Waals surface area (Å²) in [5.74, 6) is 5.92. The Labute approximate surface area is 118 Å². The molecule has 98 valence electrons. The van der Waals surface area contributed by atoms with Crippen LogP contribution in [0, 0.1) is 11.8 Å². The van der Waals surface area contributed by atoms with Crippen LogP contribution in [0.1, 0.15) is 31.7 Å². The van der Waals surface area contributed by atoms with Crippen molar-refractivity contribution in [1.29, 1.82) is 0 Å². The lowest BCUT2D eigenvalue weighted by molar-refractivity contribution is -0.131. The number of hydrogen-bond acceptors (Lipinski definition) is 2. The van der Waals surface area contributed by atoms with Gasteiger partial charge in [0.2, 0.25) is 5.91 Å². The van der Waals surface area contributed by atoms with Crippen molar-refractivity contribution in [2.75, 3.05) is 6.54 Å². The van der Waals surface area contributed by atoms with Crippen molar-refractivity contribution in [3.63, 3.8) is 0 Å². The van der Waals surface area contributed by atoms with Gasteiger partial charge in [0.15, 0.2) is 0 Å². The van der Waals surface area contributed by atoms with Gasteiger partial charge >= 0.3 is 0 Å². The van der Waals surface area contributed by atoms with E-state index in [4.69, 9.17) is 11.6 Å². The topological polar surface area (TPSA) is 32.7 Å². The average molecular weight is 275 g/mol. The third-order valence-corrected chi connectivity index (χ3v) is 3.07. The Kier molecular flexibility index (Phi) is 4.59. The van der Waals surface area contributed by atoms with Crippen molar-refractivity contribution in [3.05, 3.63) is 34.9 Å². The molecule has 1 aliphatic rings. The summed E-state index contributed by atoms with van der Waals surface area (Å²) in [5.41, 5.74) is 1.92. The maximum absolute atomic E-state index is 11.7. The molecule has 0 aliphatic carbocycles. The molecular weight excluding hydrogens is 260 g/mol. The molecule has 2 rings (SSSR count). The molecule has 0 aromatic heterocycles. The average Bonchev–Trinajstić information content (AvgIpc) is 2.42. The van der Waals surface area contributed by atoms with Crippen molar-refractivity contribution in [2.45, 2.75) is 26.2 Å². The Hall–Kier alpha value is -1.79. The summed E-state index contributed by atoms with van der Waals surface area (Å²) in [4.78, 5) is 11.7. The molecule has 3 nitrogen and oxygen atoms in total. The van der Waals surface area contributed by atoms with Crippen molar-refractivity contribution >= 4 is 23.2 Å². The summed E-state index contributed by atoms with van der Waals surface area (Å²) in [6.45, 7) is 2.34. The molecule has 0 saturated carbocycles. The van der Waals surface area contributed by atoms with E-state index in [0.717, 1.165) is 17.7 Å². The number of rotatable bonds is 2. The summed E-state index contributed by atoms with van der Waals surface area (Å²) in [6, 6.07) is 7.51. The van der Waals surface area contributed by atoms with E-state index in [9.17, 15) is 4.79 Å². The Morgan fingerprint density at radius 1 is 1.26 bits per heavy atom. The fourth-order valence-electron chi connectivity index (χ4n) is 1.83. The van der Waals surface area contributed by atoms with Gasteiger partial charge in [0, 0.05) is 24.3 Å². The van der Waals surface area contributed by atoms with Crippen LogP contribution in [0.3, 0.4) is 0 Å². The molecular formula is C15H15ClN2O. The summed E-state index contributed by atoms with van der Waals surface area (Å²) in [6.07, 6.45) is 1.93. The van der Waals surface area contributed by atoms with Crippen molar-refractivity contribution in [3.8, 4) is 11.8 Å². The van der Waals surface area contributed by atoms with Crippen molar-refractivity contribution < 1.29 is 4.79 Å². The maximum atomic E-state index is 11.7. The van der Waals surface area contributed by atoms with Crippen LogP contribution in [0.4, 0.5) is 0 Å². The first kappa shape index (κ1) is 13.6. The van der Waals surface area contributed by atoms with E-state index in [0.29, 0.717) is 24.4 Å². The van der Waals surface area contributed by atoms with Gasteiger partial charge in [-0.2, -0.15) is 5.10 Å². The van der Waals surface area contributed by atoms with Gasteiger partial charge in [0.25, 0.3) is 0 Å². The molecule has 0 saturated heterocycles. The molecule has 0 N–H and O–H groups in total. The SMILES string of the molecule is CCC#CCN1N=C(c2ccc(Cl)cc2)CCC1=O. The van der Waals surface area contributed by atoms with Gasteiger partial charge in [-0.15, -0.1) is 5.92 Å². The lowest BCUT2D eigenvalue weighted by atomic mass is 10.0. The molecule has 0 radical (unpaired) electrons. The fraction of sp³-hybridized carbons (Fsp3) is 0.333. The Balaban J connectivity index is 2.18. The van der Waals surface area contributed by atoms with E-state index < -0.39 is 0 Å². The molecule has 4 heteroatoms. The molecule has 1 amide bonds. The normalized spacial score (nSPS) is 14.7. The maximum Gasteiger partial charge on any atom is 0.243 e. The van der Waals surface area contributed by atoms with Gasteiger partial charge < -0.3 is 0 Å². The number of amides is 1. The minimum absolute atomic E-state index is 0.0307. The predicted molar refractivity (Wildman–Crippen MR) is 77.0 cm³/mol. The minimum Gasteiger partial charge on any atom is -0.273 e. The second kappa shape index (κ2) is 6.40. The number of nitrogens with zero attached hydrogens (tertiary/aromatic N) is 2. The second-order valence-corrected chi connectivity index (χ2v) is 4.65. The molecule has 1 aromatic carbocycles. The van der Waals surface area contributed by atoms with Gasteiger partial charge in [-0.25, -0.2) is 5.01 Å². The highest BCUT2D eigenvalue weighted by Crippen LogP contribution is 2.17. The molecule has 0 fully saturated rings. The van der Waals surface area contributed by atoms with Gasteiger partial charge in [-0.3, -0.25) is 4.79 Å². The predicted octanol–water partition coefficient (Wildman–Crippen LogP) is 3.08. The zero-order chi connectivity index (χ0) is 13.7. The van der Waals surface area contributed by atoms with Crippen molar-refractivity contribution in [2.24, 2.45) is 5.10 Å². The lowest BCUT2D eigenvalue weighted by Crippen LogP contribution is -2.32. The van der Waals surface area contributed by atoms with E-state index in [2.05, 4.69) is 16.9 Å². The first-order chi connectivity index (χ1) is 9.20. The van der Waals surface area contributed by atoms with Crippen LogP contribution in [0.25, 0.3) is 0 Å². The highest BCUT2D eigenvalue weighted by atomic mass is 35.5. The van der Waals surface area contributed by atoms with Crippen LogP contribution < -0.4 is 0 Å². The zero-order valence-corrected chi connectivity index (χ0v) is 11.6. The van der Waals surface area contributed by atoms with E-state index >= 15 is 0 Å². The van der Waals surface area contributed by atoms with Crippen LogP contribution in [-0.2, 0) is 4.79 Å². The van der Waals surface area contributed by atoms with E-state index in [1.807, 2.05) is 31.2 Å². The highest BCUT2D eigenvalue weighted by molar-refractivity contribution is 6.30. The highest BCUT2D eigenvalue weighted by Gasteiger charge is 2.20. The zero-order valence-electron chi connectivity index (χ0n) is 10.8. The Bertz CT molecular complexity index is 552. The van der Waals surface area contributed by atoms with Gasteiger partial charge in [0.1, 0.15) is 6.54 Å². The molecule has 0 atom stereocenters. The summed E-state index contributed by atoms with van der Waals surface area (Å²) >= 11 is 5.86. The minimum atomic E-state index is 0.0307. The molecule has 1 aliphatic heterocycles. The smallest absolute Gasteiger partial charge is 0.243 e. The van der Waals surface area contributed by atoms with E-state index in [1.54, 1.807) is 0 Å². The molecule has 1 aromatic rings. The molecule has 0 spiro atoms.